The van der Waals surface area contributed by atoms with E-state index in [4.69, 9.17) is 5.11 Å². The maximum atomic E-state index is 11.8. The van der Waals surface area contributed by atoms with Crippen LogP contribution in [0, 0.1) is 0 Å². The van der Waals surface area contributed by atoms with Gasteiger partial charge >= 0.3 is 0 Å². The monoisotopic (exact) mass is 262 g/mol. The lowest BCUT2D eigenvalue weighted by atomic mass is 10.1. The average molecular weight is 262 g/mol. The molecule has 0 atom stereocenters. The van der Waals surface area contributed by atoms with Crippen LogP contribution < -0.4 is 10.6 Å². The van der Waals surface area contributed by atoms with Crippen molar-refractivity contribution >= 4 is 22.7 Å². The van der Waals surface area contributed by atoms with Crippen molar-refractivity contribution in [2.45, 2.75) is 0 Å². The molecule has 0 aliphatic rings. The highest BCUT2D eigenvalue weighted by Gasteiger charge is 2.08. The summed E-state index contributed by atoms with van der Waals surface area (Å²) < 4.78 is 0. The Balaban J connectivity index is 1.94. The number of carbonyl (C=O) groups excluding carboxylic acids is 2. The maximum absolute atomic E-state index is 11.8. The third kappa shape index (κ3) is 3.29. The quantitative estimate of drug-likeness (QED) is 0.577. The van der Waals surface area contributed by atoms with Crippen LogP contribution in [0.4, 0.5) is 0 Å². The second kappa shape index (κ2) is 5.96. The standard InChI is InChI=1S/C12H14N4O3/c17-4-3-13-11(18)7-14-12(19)8-1-2-10-9(5-8)6-15-16-10/h1-2,5-6,17H,3-4,7H2,(H,13,18)(H,14,19)(H,15,16). The minimum atomic E-state index is -0.341. The first-order chi connectivity index (χ1) is 9.20. The molecule has 1 aromatic carbocycles. The van der Waals surface area contributed by atoms with Crippen molar-refractivity contribution < 1.29 is 14.7 Å². The summed E-state index contributed by atoms with van der Waals surface area (Å²) in [6.07, 6.45) is 1.63. The van der Waals surface area contributed by atoms with E-state index in [0.29, 0.717) is 5.56 Å². The van der Waals surface area contributed by atoms with Crippen LogP contribution in [0.2, 0.25) is 0 Å². The molecule has 0 spiro atoms. The summed E-state index contributed by atoms with van der Waals surface area (Å²) in [5.74, 6) is -0.672. The Morgan fingerprint density at radius 2 is 2.16 bits per heavy atom. The largest absolute Gasteiger partial charge is 0.395 e. The molecule has 0 aliphatic carbocycles. The highest BCUT2D eigenvalue weighted by atomic mass is 16.3. The topological polar surface area (TPSA) is 107 Å². The minimum absolute atomic E-state index is 0.123. The van der Waals surface area contributed by atoms with Gasteiger partial charge in [-0.15, -0.1) is 0 Å². The van der Waals surface area contributed by atoms with Crippen molar-refractivity contribution in [3.63, 3.8) is 0 Å². The summed E-state index contributed by atoms with van der Waals surface area (Å²) >= 11 is 0. The molecule has 0 radical (unpaired) electrons. The van der Waals surface area contributed by atoms with Crippen molar-refractivity contribution in [3.8, 4) is 0 Å². The number of rotatable bonds is 5. The summed E-state index contributed by atoms with van der Waals surface area (Å²) in [4.78, 5) is 23.1. The number of nitrogens with one attached hydrogen (secondary N) is 3. The number of benzene rings is 1. The van der Waals surface area contributed by atoms with Crippen LogP contribution >= 0.6 is 0 Å². The van der Waals surface area contributed by atoms with Crippen LogP contribution in [0.1, 0.15) is 10.4 Å². The molecule has 0 saturated heterocycles. The summed E-state index contributed by atoms with van der Waals surface area (Å²) in [7, 11) is 0. The average Bonchev–Trinajstić information content (AvgIpc) is 2.89. The molecule has 7 nitrogen and oxygen atoms in total. The minimum Gasteiger partial charge on any atom is -0.395 e. The number of fused-ring (bicyclic) bond motifs is 1. The molecular formula is C12H14N4O3. The van der Waals surface area contributed by atoms with Crippen LogP contribution in [0.3, 0.4) is 0 Å². The van der Waals surface area contributed by atoms with Crippen LogP contribution in [0.5, 0.6) is 0 Å². The second-order valence-electron chi connectivity index (χ2n) is 3.93. The number of nitrogens with zero attached hydrogens (tertiary/aromatic N) is 1. The molecule has 7 heteroatoms. The lowest BCUT2D eigenvalue weighted by Crippen LogP contribution is -2.37. The van der Waals surface area contributed by atoms with Gasteiger partial charge in [0.25, 0.3) is 5.91 Å². The van der Waals surface area contributed by atoms with E-state index >= 15 is 0 Å². The predicted octanol–water partition coefficient (Wildman–Crippen LogP) is -0.599. The molecule has 1 aromatic heterocycles. The Bertz CT molecular complexity index is 593. The van der Waals surface area contributed by atoms with E-state index in [1.165, 1.54) is 0 Å². The van der Waals surface area contributed by atoms with Gasteiger partial charge in [0.2, 0.25) is 5.91 Å². The molecule has 1 heterocycles. The number of aromatic amines is 1. The fourth-order valence-electron chi connectivity index (χ4n) is 1.60. The normalized spacial score (nSPS) is 10.4. The number of aromatic nitrogens is 2. The molecule has 2 amide bonds. The Labute approximate surface area is 109 Å². The predicted molar refractivity (Wildman–Crippen MR) is 68.5 cm³/mol. The van der Waals surface area contributed by atoms with Gasteiger partial charge in [-0.1, -0.05) is 0 Å². The van der Waals surface area contributed by atoms with Gasteiger partial charge in [-0.3, -0.25) is 14.7 Å². The molecule has 100 valence electrons. The number of amides is 2. The third-order valence-electron chi connectivity index (χ3n) is 2.55. The van der Waals surface area contributed by atoms with Gasteiger partial charge in [0.05, 0.1) is 24.9 Å². The molecule has 0 unspecified atom stereocenters. The number of aliphatic hydroxyl groups is 1. The number of carbonyl (C=O) groups is 2. The van der Waals surface area contributed by atoms with Gasteiger partial charge in [0.1, 0.15) is 0 Å². The smallest absolute Gasteiger partial charge is 0.251 e. The maximum Gasteiger partial charge on any atom is 0.251 e. The Morgan fingerprint density at radius 1 is 1.32 bits per heavy atom. The van der Waals surface area contributed by atoms with Gasteiger partial charge in [-0.25, -0.2) is 0 Å². The molecular weight excluding hydrogens is 248 g/mol. The van der Waals surface area contributed by atoms with E-state index in [1.54, 1.807) is 24.4 Å². The van der Waals surface area contributed by atoms with Crippen molar-refractivity contribution in [2.75, 3.05) is 19.7 Å². The van der Waals surface area contributed by atoms with E-state index in [-0.39, 0.29) is 31.5 Å². The summed E-state index contributed by atoms with van der Waals surface area (Å²) in [5.41, 5.74) is 1.31. The molecule has 0 aliphatic heterocycles. The Hall–Kier alpha value is -2.41. The van der Waals surface area contributed by atoms with E-state index < -0.39 is 0 Å². The zero-order chi connectivity index (χ0) is 13.7. The first-order valence-electron chi connectivity index (χ1n) is 5.79. The molecule has 0 fully saturated rings. The molecule has 19 heavy (non-hydrogen) atoms. The van der Waals surface area contributed by atoms with Crippen molar-refractivity contribution in [1.29, 1.82) is 0 Å². The molecule has 2 aromatic rings. The van der Waals surface area contributed by atoms with Gasteiger partial charge in [0.15, 0.2) is 0 Å². The lowest BCUT2D eigenvalue weighted by molar-refractivity contribution is -0.120. The second-order valence-corrected chi connectivity index (χ2v) is 3.93. The van der Waals surface area contributed by atoms with Gasteiger partial charge in [-0.05, 0) is 18.2 Å². The molecule has 0 bridgehead atoms. The Morgan fingerprint density at radius 3 is 2.95 bits per heavy atom. The van der Waals surface area contributed by atoms with Gasteiger partial charge in [-0.2, -0.15) is 5.10 Å². The van der Waals surface area contributed by atoms with E-state index in [1.807, 2.05) is 0 Å². The molecule has 0 saturated carbocycles. The van der Waals surface area contributed by atoms with E-state index in [9.17, 15) is 9.59 Å². The highest BCUT2D eigenvalue weighted by molar-refractivity contribution is 5.99. The molecule has 2 rings (SSSR count). The van der Waals surface area contributed by atoms with E-state index in [0.717, 1.165) is 10.9 Å². The Kier molecular flexibility index (Phi) is 4.09. The van der Waals surface area contributed by atoms with Crippen LogP contribution in [-0.2, 0) is 4.79 Å². The van der Waals surface area contributed by atoms with Crippen molar-refractivity contribution in [1.82, 2.24) is 20.8 Å². The zero-order valence-corrected chi connectivity index (χ0v) is 10.1. The lowest BCUT2D eigenvalue weighted by Gasteiger charge is -2.05. The fourth-order valence-corrected chi connectivity index (χ4v) is 1.60. The first-order valence-corrected chi connectivity index (χ1v) is 5.79. The summed E-state index contributed by atoms with van der Waals surface area (Å²) in [6.45, 7) is -0.0746. The SMILES string of the molecule is O=C(CNC(=O)c1ccc2[nH]ncc2c1)NCCO. The van der Waals surface area contributed by atoms with Gasteiger partial charge < -0.3 is 15.7 Å². The van der Waals surface area contributed by atoms with Crippen molar-refractivity contribution in [2.24, 2.45) is 0 Å². The first kappa shape index (κ1) is 13.0. The highest BCUT2D eigenvalue weighted by Crippen LogP contribution is 2.12. The van der Waals surface area contributed by atoms with Crippen LogP contribution in [0.25, 0.3) is 10.9 Å². The van der Waals surface area contributed by atoms with E-state index in [2.05, 4.69) is 20.8 Å². The summed E-state index contributed by atoms with van der Waals surface area (Å²) in [5, 5.41) is 21.0. The zero-order valence-electron chi connectivity index (χ0n) is 10.1. The fraction of sp³-hybridized carbons (Fsp3) is 0.250. The summed E-state index contributed by atoms with van der Waals surface area (Å²) in [6, 6.07) is 5.10. The van der Waals surface area contributed by atoms with Crippen LogP contribution in [0.15, 0.2) is 24.4 Å². The van der Waals surface area contributed by atoms with Crippen molar-refractivity contribution in [3.05, 3.63) is 30.0 Å². The number of hydrogen-bond donors (Lipinski definition) is 4. The number of aliphatic hydroxyl groups excluding tert-OH is 1. The van der Waals surface area contributed by atoms with Gasteiger partial charge in [0, 0.05) is 17.5 Å². The molecule has 4 N–H and O–H groups in total. The number of hydrogen-bond acceptors (Lipinski definition) is 4. The van der Waals surface area contributed by atoms with Crippen LogP contribution in [-0.4, -0.2) is 46.8 Å². The number of H-pyrrole nitrogens is 1. The third-order valence-corrected chi connectivity index (χ3v) is 2.55.